The highest BCUT2D eigenvalue weighted by Crippen LogP contribution is 2.36. The second kappa shape index (κ2) is 6.04. The Morgan fingerprint density at radius 1 is 1.29 bits per heavy atom. The SMILES string of the molecule is CNc1cc(-c2cnccc2C(F)(F)F)nc(COC)n1. The van der Waals surface area contributed by atoms with Crippen molar-refractivity contribution in [1.29, 1.82) is 0 Å². The van der Waals surface area contributed by atoms with Gasteiger partial charge in [-0.2, -0.15) is 13.2 Å². The van der Waals surface area contributed by atoms with Crippen molar-refractivity contribution >= 4 is 5.82 Å². The molecular formula is C13H13F3N4O. The van der Waals surface area contributed by atoms with Crippen molar-refractivity contribution in [3.05, 3.63) is 35.9 Å². The molecule has 21 heavy (non-hydrogen) atoms. The van der Waals surface area contributed by atoms with E-state index in [0.29, 0.717) is 5.82 Å². The van der Waals surface area contributed by atoms with Gasteiger partial charge in [-0.05, 0) is 6.07 Å². The predicted octanol–water partition coefficient (Wildman–Crippen LogP) is 2.75. The third-order valence-corrected chi connectivity index (χ3v) is 2.70. The van der Waals surface area contributed by atoms with Gasteiger partial charge in [0.05, 0.1) is 11.3 Å². The summed E-state index contributed by atoms with van der Waals surface area (Å²) in [6.45, 7) is 0.101. The zero-order chi connectivity index (χ0) is 15.5. The lowest BCUT2D eigenvalue weighted by Gasteiger charge is -2.13. The fourth-order valence-electron chi connectivity index (χ4n) is 1.80. The number of hydrogen-bond acceptors (Lipinski definition) is 5. The maximum absolute atomic E-state index is 13.1. The first kappa shape index (κ1) is 15.2. The van der Waals surface area contributed by atoms with E-state index in [1.807, 2.05) is 0 Å². The summed E-state index contributed by atoms with van der Waals surface area (Å²) in [6.07, 6.45) is -2.24. The summed E-state index contributed by atoms with van der Waals surface area (Å²) in [7, 11) is 3.08. The van der Waals surface area contributed by atoms with Gasteiger partial charge in [-0.25, -0.2) is 9.97 Å². The first-order valence-corrected chi connectivity index (χ1v) is 6.02. The first-order chi connectivity index (χ1) is 9.95. The normalized spacial score (nSPS) is 11.5. The van der Waals surface area contributed by atoms with Crippen LogP contribution in [0, 0.1) is 0 Å². The smallest absolute Gasteiger partial charge is 0.377 e. The lowest BCUT2D eigenvalue weighted by molar-refractivity contribution is -0.137. The van der Waals surface area contributed by atoms with Crippen molar-refractivity contribution in [1.82, 2.24) is 15.0 Å². The minimum Gasteiger partial charge on any atom is -0.377 e. The van der Waals surface area contributed by atoms with Crippen molar-refractivity contribution < 1.29 is 17.9 Å². The number of hydrogen-bond donors (Lipinski definition) is 1. The standard InChI is InChI=1S/C13H13F3N4O/c1-17-11-5-10(19-12(20-11)7-21-2)8-6-18-4-3-9(8)13(14,15)16/h3-6H,7H2,1-2H3,(H,17,19,20). The largest absolute Gasteiger partial charge is 0.417 e. The molecule has 2 heterocycles. The van der Waals surface area contributed by atoms with Crippen LogP contribution in [0.15, 0.2) is 24.5 Å². The number of nitrogens with zero attached hydrogens (tertiary/aromatic N) is 3. The Morgan fingerprint density at radius 3 is 2.67 bits per heavy atom. The Hall–Kier alpha value is -2.22. The summed E-state index contributed by atoms with van der Waals surface area (Å²) in [5.74, 6) is 0.695. The van der Waals surface area contributed by atoms with E-state index < -0.39 is 11.7 Å². The van der Waals surface area contributed by atoms with Gasteiger partial charge >= 0.3 is 6.18 Å². The van der Waals surface area contributed by atoms with E-state index in [1.54, 1.807) is 7.05 Å². The second-order valence-corrected chi connectivity index (χ2v) is 4.16. The molecule has 5 nitrogen and oxygen atoms in total. The van der Waals surface area contributed by atoms with Gasteiger partial charge in [0.15, 0.2) is 5.82 Å². The Bertz CT molecular complexity index is 631. The summed E-state index contributed by atoms with van der Waals surface area (Å²) in [5, 5.41) is 2.79. The molecule has 0 aliphatic heterocycles. The molecule has 1 N–H and O–H groups in total. The molecular weight excluding hydrogens is 285 g/mol. The Labute approximate surface area is 119 Å². The molecule has 0 aliphatic rings. The average Bonchev–Trinajstić information content (AvgIpc) is 2.46. The Kier molecular flexibility index (Phi) is 4.37. The van der Waals surface area contributed by atoms with Crippen LogP contribution in [0.25, 0.3) is 11.3 Å². The van der Waals surface area contributed by atoms with E-state index in [-0.39, 0.29) is 23.7 Å². The highest BCUT2D eigenvalue weighted by Gasteiger charge is 2.34. The zero-order valence-electron chi connectivity index (χ0n) is 11.4. The number of alkyl halides is 3. The summed E-state index contributed by atoms with van der Waals surface area (Å²) in [6, 6.07) is 2.36. The van der Waals surface area contributed by atoms with Crippen LogP contribution in [0.4, 0.5) is 19.0 Å². The molecule has 8 heteroatoms. The van der Waals surface area contributed by atoms with E-state index in [0.717, 1.165) is 18.5 Å². The molecule has 0 unspecified atom stereocenters. The summed E-state index contributed by atoms with van der Waals surface area (Å²) >= 11 is 0. The third kappa shape index (κ3) is 3.46. The Balaban J connectivity index is 2.59. The van der Waals surface area contributed by atoms with Gasteiger partial charge in [0.2, 0.25) is 0 Å². The van der Waals surface area contributed by atoms with Crippen molar-refractivity contribution in [2.45, 2.75) is 12.8 Å². The Morgan fingerprint density at radius 2 is 2.05 bits per heavy atom. The van der Waals surface area contributed by atoms with Crippen molar-refractivity contribution in [3.63, 3.8) is 0 Å². The molecule has 2 aromatic heterocycles. The molecule has 0 radical (unpaired) electrons. The van der Waals surface area contributed by atoms with Crippen LogP contribution in [0.1, 0.15) is 11.4 Å². The summed E-state index contributed by atoms with van der Waals surface area (Å²) in [4.78, 5) is 12.0. The van der Waals surface area contributed by atoms with Crippen molar-refractivity contribution in [2.24, 2.45) is 0 Å². The average molecular weight is 298 g/mol. The van der Waals surface area contributed by atoms with E-state index >= 15 is 0 Å². The van der Waals surface area contributed by atoms with Crippen LogP contribution in [0.2, 0.25) is 0 Å². The number of rotatable bonds is 4. The highest BCUT2D eigenvalue weighted by molar-refractivity contribution is 5.66. The maximum atomic E-state index is 13.1. The zero-order valence-corrected chi connectivity index (χ0v) is 11.4. The molecule has 0 fully saturated rings. The number of halogens is 3. The molecule has 0 aromatic carbocycles. The maximum Gasteiger partial charge on any atom is 0.417 e. The van der Waals surface area contributed by atoms with Crippen LogP contribution in [-0.4, -0.2) is 29.1 Å². The molecule has 0 bridgehead atoms. The van der Waals surface area contributed by atoms with Crippen LogP contribution >= 0.6 is 0 Å². The monoisotopic (exact) mass is 298 g/mol. The minimum absolute atomic E-state index is 0.0961. The summed E-state index contributed by atoms with van der Waals surface area (Å²) < 4.78 is 44.1. The van der Waals surface area contributed by atoms with Gasteiger partial charge in [0.1, 0.15) is 12.4 Å². The molecule has 0 amide bonds. The van der Waals surface area contributed by atoms with Gasteiger partial charge < -0.3 is 10.1 Å². The molecule has 2 rings (SSSR count). The first-order valence-electron chi connectivity index (χ1n) is 6.02. The number of anilines is 1. The molecule has 112 valence electrons. The van der Waals surface area contributed by atoms with E-state index in [2.05, 4.69) is 20.3 Å². The molecule has 0 saturated carbocycles. The van der Waals surface area contributed by atoms with Crippen molar-refractivity contribution in [2.75, 3.05) is 19.5 Å². The van der Waals surface area contributed by atoms with Gasteiger partial charge in [-0.1, -0.05) is 0 Å². The molecule has 0 saturated heterocycles. The summed E-state index contributed by atoms with van der Waals surface area (Å²) in [5.41, 5.74) is -0.746. The molecule has 2 aromatic rings. The molecule has 0 spiro atoms. The van der Waals surface area contributed by atoms with Gasteiger partial charge in [-0.15, -0.1) is 0 Å². The number of ether oxygens (including phenoxy) is 1. The fourth-order valence-corrected chi connectivity index (χ4v) is 1.80. The fraction of sp³-hybridized carbons (Fsp3) is 0.308. The minimum atomic E-state index is -4.48. The van der Waals surface area contributed by atoms with Crippen LogP contribution in [0.5, 0.6) is 0 Å². The highest BCUT2D eigenvalue weighted by atomic mass is 19.4. The number of nitrogens with one attached hydrogen (secondary N) is 1. The van der Waals surface area contributed by atoms with E-state index in [9.17, 15) is 13.2 Å². The molecule has 0 atom stereocenters. The second-order valence-electron chi connectivity index (χ2n) is 4.16. The lowest BCUT2D eigenvalue weighted by atomic mass is 10.1. The topological polar surface area (TPSA) is 59.9 Å². The van der Waals surface area contributed by atoms with E-state index in [4.69, 9.17) is 4.74 Å². The van der Waals surface area contributed by atoms with Crippen LogP contribution < -0.4 is 5.32 Å². The third-order valence-electron chi connectivity index (χ3n) is 2.70. The molecule has 0 aliphatic carbocycles. The lowest BCUT2D eigenvalue weighted by Crippen LogP contribution is -2.09. The van der Waals surface area contributed by atoms with Gasteiger partial charge in [0.25, 0.3) is 0 Å². The number of pyridine rings is 1. The number of methoxy groups -OCH3 is 1. The van der Waals surface area contributed by atoms with Gasteiger partial charge in [0, 0.05) is 38.2 Å². The quantitative estimate of drug-likeness (QED) is 0.940. The van der Waals surface area contributed by atoms with E-state index in [1.165, 1.54) is 13.2 Å². The number of aromatic nitrogens is 3. The van der Waals surface area contributed by atoms with Crippen LogP contribution in [-0.2, 0) is 17.5 Å². The van der Waals surface area contributed by atoms with Gasteiger partial charge in [-0.3, -0.25) is 4.98 Å². The van der Waals surface area contributed by atoms with Crippen LogP contribution in [0.3, 0.4) is 0 Å². The predicted molar refractivity (Wildman–Crippen MR) is 70.5 cm³/mol. The van der Waals surface area contributed by atoms with Crippen molar-refractivity contribution in [3.8, 4) is 11.3 Å².